The number of rotatable bonds is 6. The highest BCUT2D eigenvalue weighted by Gasteiger charge is 2.11. The molecule has 1 atom stereocenters. The number of nitrogens with one attached hydrogen (secondary N) is 1. The minimum Gasteiger partial charge on any atom is -0.352 e. The Morgan fingerprint density at radius 2 is 1.89 bits per heavy atom. The van der Waals surface area contributed by atoms with Crippen LogP contribution in [0, 0.1) is 17.7 Å². The summed E-state index contributed by atoms with van der Waals surface area (Å²) in [5, 5.41) is 2.91. The fourth-order valence-electron chi connectivity index (χ4n) is 2.00. The SMILES string of the molecule is CCC(CNC(=O)c1ccc(F)cc1)CC(C)C. The van der Waals surface area contributed by atoms with Gasteiger partial charge in [-0.1, -0.05) is 27.2 Å². The molecule has 3 heteroatoms. The Kier molecular flexibility index (Phi) is 5.83. The number of hydrogen-bond donors (Lipinski definition) is 1. The van der Waals surface area contributed by atoms with E-state index < -0.39 is 0 Å². The third kappa shape index (κ3) is 4.86. The standard InChI is InChI=1S/C15H22FNO/c1-4-12(9-11(2)3)10-17-15(18)13-5-7-14(16)8-6-13/h5-8,11-12H,4,9-10H2,1-3H3,(H,17,18). The summed E-state index contributed by atoms with van der Waals surface area (Å²) in [7, 11) is 0. The predicted octanol–water partition coefficient (Wildman–Crippen LogP) is 3.63. The molecule has 2 nitrogen and oxygen atoms in total. The van der Waals surface area contributed by atoms with E-state index in [4.69, 9.17) is 0 Å². The largest absolute Gasteiger partial charge is 0.352 e. The number of amides is 1. The van der Waals surface area contributed by atoms with Gasteiger partial charge >= 0.3 is 0 Å². The van der Waals surface area contributed by atoms with Crippen molar-refractivity contribution < 1.29 is 9.18 Å². The first-order chi connectivity index (χ1) is 8.52. The van der Waals surface area contributed by atoms with Crippen molar-refractivity contribution in [3.05, 3.63) is 35.6 Å². The number of carbonyl (C=O) groups is 1. The molecule has 1 amide bonds. The maximum absolute atomic E-state index is 12.7. The lowest BCUT2D eigenvalue weighted by Gasteiger charge is -2.17. The quantitative estimate of drug-likeness (QED) is 0.822. The molecule has 0 spiro atoms. The molecule has 0 saturated carbocycles. The smallest absolute Gasteiger partial charge is 0.251 e. The van der Waals surface area contributed by atoms with E-state index in [1.165, 1.54) is 24.3 Å². The Balaban J connectivity index is 2.47. The van der Waals surface area contributed by atoms with Crippen LogP contribution >= 0.6 is 0 Å². The van der Waals surface area contributed by atoms with E-state index in [1.54, 1.807) is 0 Å². The zero-order chi connectivity index (χ0) is 13.5. The Morgan fingerprint density at radius 1 is 1.28 bits per heavy atom. The Hall–Kier alpha value is -1.38. The Bertz CT molecular complexity index is 373. The fourth-order valence-corrected chi connectivity index (χ4v) is 2.00. The van der Waals surface area contributed by atoms with Crippen molar-refractivity contribution in [2.45, 2.75) is 33.6 Å². The van der Waals surface area contributed by atoms with Crippen molar-refractivity contribution in [3.63, 3.8) is 0 Å². The maximum atomic E-state index is 12.7. The first-order valence-corrected chi connectivity index (χ1v) is 6.56. The number of carbonyl (C=O) groups excluding carboxylic acids is 1. The summed E-state index contributed by atoms with van der Waals surface area (Å²) in [5.41, 5.74) is 0.510. The molecule has 0 aromatic heterocycles. The highest BCUT2D eigenvalue weighted by molar-refractivity contribution is 5.94. The lowest BCUT2D eigenvalue weighted by atomic mass is 9.95. The molecule has 0 saturated heterocycles. The second-order valence-corrected chi connectivity index (χ2v) is 5.12. The topological polar surface area (TPSA) is 29.1 Å². The summed E-state index contributed by atoms with van der Waals surface area (Å²) in [6, 6.07) is 5.63. The summed E-state index contributed by atoms with van der Waals surface area (Å²) in [4.78, 5) is 11.8. The molecule has 1 N–H and O–H groups in total. The van der Waals surface area contributed by atoms with Crippen LogP contribution in [0.1, 0.15) is 44.0 Å². The van der Waals surface area contributed by atoms with E-state index in [9.17, 15) is 9.18 Å². The molecular formula is C15H22FNO. The lowest BCUT2D eigenvalue weighted by Crippen LogP contribution is -2.29. The minimum atomic E-state index is -0.321. The van der Waals surface area contributed by atoms with Gasteiger partial charge < -0.3 is 5.32 Å². The van der Waals surface area contributed by atoms with Crippen LogP contribution in [-0.2, 0) is 0 Å². The van der Waals surface area contributed by atoms with E-state index in [0.717, 1.165) is 12.8 Å². The summed E-state index contributed by atoms with van der Waals surface area (Å²) < 4.78 is 12.7. The van der Waals surface area contributed by atoms with Crippen LogP contribution in [0.5, 0.6) is 0 Å². The summed E-state index contributed by atoms with van der Waals surface area (Å²) in [6.07, 6.45) is 2.17. The van der Waals surface area contributed by atoms with E-state index in [-0.39, 0.29) is 11.7 Å². The predicted molar refractivity (Wildman–Crippen MR) is 72.0 cm³/mol. The van der Waals surface area contributed by atoms with E-state index >= 15 is 0 Å². The second kappa shape index (κ2) is 7.14. The van der Waals surface area contributed by atoms with Gasteiger partial charge in [-0.05, 0) is 42.5 Å². The first kappa shape index (κ1) is 14.7. The lowest BCUT2D eigenvalue weighted by molar-refractivity contribution is 0.0944. The van der Waals surface area contributed by atoms with Gasteiger partial charge in [0.15, 0.2) is 0 Å². The molecular weight excluding hydrogens is 229 g/mol. The van der Waals surface area contributed by atoms with Gasteiger partial charge in [-0.15, -0.1) is 0 Å². The van der Waals surface area contributed by atoms with Crippen LogP contribution in [0.4, 0.5) is 4.39 Å². The van der Waals surface area contributed by atoms with Gasteiger partial charge in [0.2, 0.25) is 0 Å². The van der Waals surface area contributed by atoms with E-state index in [2.05, 4.69) is 26.1 Å². The highest BCUT2D eigenvalue weighted by atomic mass is 19.1. The third-order valence-corrected chi connectivity index (χ3v) is 3.04. The average Bonchev–Trinajstić information content (AvgIpc) is 2.34. The molecule has 0 heterocycles. The fraction of sp³-hybridized carbons (Fsp3) is 0.533. The monoisotopic (exact) mass is 251 g/mol. The normalized spacial score (nSPS) is 12.5. The first-order valence-electron chi connectivity index (χ1n) is 6.56. The molecule has 1 unspecified atom stereocenters. The van der Waals surface area contributed by atoms with Crippen molar-refractivity contribution in [1.82, 2.24) is 5.32 Å². The Labute approximate surface area is 109 Å². The van der Waals surface area contributed by atoms with Gasteiger partial charge in [-0.25, -0.2) is 4.39 Å². The zero-order valence-electron chi connectivity index (χ0n) is 11.4. The minimum absolute atomic E-state index is 0.128. The van der Waals surface area contributed by atoms with Gasteiger partial charge in [0.05, 0.1) is 0 Å². The van der Waals surface area contributed by atoms with E-state index in [0.29, 0.717) is 23.9 Å². The van der Waals surface area contributed by atoms with Crippen LogP contribution in [0.15, 0.2) is 24.3 Å². The highest BCUT2D eigenvalue weighted by Crippen LogP contribution is 2.14. The molecule has 0 bridgehead atoms. The van der Waals surface area contributed by atoms with Gasteiger partial charge in [-0.3, -0.25) is 4.79 Å². The van der Waals surface area contributed by atoms with Crippen LogP contribution in [0.25, 0.3) is 0 Å². The van der Waals surface area contributed by atoms with Gasteiger partial charge in [0.25, 0.3) is 5.91 Å². The number of halogens is 1. The molecule has 0 aliphatic heterocycles. The van der Waals surface area contributed by atoms with Crippen LogP contribution in [-0.4, -0.2) is 12.5 Å². The molecule has 1 aromatic rings. The Morgan fingerprint density at radius 3 is 2.39 bits per heavy atom. The van der Waals surface area contributed by atoms with Crippen LogP contribution < -0.4 is 5.32 Å². The van der Waals surface area contributed by atoms with Gasteiger partial charge in [0, 0.05) is 12.1 Å². The molecule has 0 radical (unpaired) electrons. The molecule has 1 aromatic carbocycles. The summed E-state index contributed by atoms with van der Waals surface area (Å²) in [5.74, 6) is 0.696. The molecule has 0 aliphatic carbocycles. The molecule has 1 rings (SSSR count). The van der Waals surface area contributed by atoms with Crippen molar-refractivity contribution in [2.24, 2.45) is 11.8 Å². The molecule has 100 valence electrons. The van der Waals surface area contributed by atoms with Crippen LogP contribution in [0.3, 0.4) is 0 Å². The molecule has 0 fully saturated rings. The number of benzene rings is 1. The van der Waals surface area contributed by atoms with Crippen molar-refractivity contribution in [3.8, 4) is 0 Å². The third-order valence-electron chi connectivity index (χ3n) is 3.04. The molecule has 0 aliphatic rings. The van der Waals surface area contributed by atoms with Crippen LogP contribution in [0.2, 0.25) is 0 Å². The second-order valence-electron chi connectivity index (χ2n) is 5.12. The van der Waals surface area contributed by atoms with Crippen molar-refractivity contribution in [1.29, 1.82) is 0 Å². The average molecular weight is 251 g/mol. The summed E-state index contributed by atoms with van der Waals surface area (Å²) in [6.45, 7) is 7.19. The van der Waals surface area contributed by atoms with Gasteiger partial charge in [-0.2, -0.15) is 0 Å². The zero-order valence-corrected chi connectivity index (χ0v) is 11.4. The van der Waals surface area contributed by atoms with E-state index in [1.807, 2.05) is 0 Å². The maximum Gasteiger partial charge on any atom is 0.251 e. The van der Waals surface area contributed by atoms with Gasteiger partial charge in [0.1, 0.15) is 5.82 Å². The number of hydrogen-bond acceptors (Lipinski definition) is 1. The summed E-state index contributed by atoms with van der Waals surface area (Å²) >= 11 is 0. The molecule has 18 heavy (non-hydrogen) atoms. The van der Waals surface area contributed by atoms with Crippen molar-refractivity contribution >= 4 is 5.91 Å². The van der Waals surface area contributed by atoms with Crippen molar-refractivity contribution in [2.75, 3.05) is 6.54 Å².